The summed E-state index contributed by atoms with van der Waals surface area (Å²) in [4.78, 5) is 0. The lowest BCUT2D eigenvalue weighted by molar-refractivity contribution is 0.590. The van der Waals surface area contributed by atoms with Crippen molar-refractivity contribution in [2.45, 2.75) is 37.9 Å². The maximum Gasteiger partial charge on any atom is 0.0483 e. The van der Waals surface area contributed by atoms with Crippen molar-refractivity contribution in [3.05, 3.63) is 59.2 Å². The van der Waals surface area contributed by atoms with Crippen LogP contribution in [0.5, 0.6) is 0 Å². The maximum atomic E-state index is 6.11. The van der Waals surface area contributed by atoms with Gasteiger partial charge >= 0.3 is 0 Å². The van der Waals surface area contributed by atoms with Gasteiger partial charge in [-0.05, 0) is 33.2 Å². The number of rotatable bonds is 3. The molecule has 0 heterocycles. The van der Waals surface area contributed by atoms with E-state index in [0.717, 1.165) is 11.1 Å². The lowest BCUT2D eigenvalue weighted by Gasteiger charge is -2.19. The van der Waals surface area contributed by atoms with Crippen LogP contribution in [-0.4, -0.2) is 0 Å². The van der Waals surface area contributed by atoms with Crippen LogP contribution in [0.25, 0.3) is 11.1 Å². The lowest BCUT2D eigenvalue weighted by atomic mass is 9.86. The van der Waals surface area contributed by atoms with Gasteiger partial charge in [0, 0.05) is 11.8 Å². The summed E-state index contributed by atoms with van der Waals surface area (Å²) in [6.45, 7) is 6.67. The maximum absolute atomic E-state index is 6.11. The fraction of sp³-hybridized carbons (Fsp3) is 0.333. The van der Waals surface area contributed by atoms with Gasteiger partial charge in [-0.15, -0.1) is 23.2 Å². The van der Waals surface area contributed by atoms with Gasteiger partial charge in [0.25, 0.3) is 0 Å². The van der Waals surface area contributed by atoms with Gasteiger partial charge in [0.05, 0.1) is 0 Å². The van der Waals surface area contributed by atoms with E-state index in [1.165, 1.54) is 16.7 Å². The zero-order valence-corrected chi connectivity index (χ0v) is 13.7. The third kappa shape index (κ3) is 3.19. The second-order valence-electron chi connectivity index (χ2n) is 6.04. The summed E-state index contributed by atoms with van der Waals surface area (Å²) < 4.78 is 0. The SMILES string of the molecule is CC(C)(C)c1ccc(-c2cccc(CCl)c2CCl)cc1. The van der Waals surface area contributed by atoms with Crippen LogP contribution in [0, 0.1) is 0 Å². The highest BCUT2D eigenvalue weighted by atomic mass is 35.5. The number of halogens is 2. The third-order valence-corrected chi connectivity index (χ3v) is 4.17. The van der Waals surface area contributed by atoms with Gasteiger partial charge in [0.2, 0.25) is 0 Å². The summed E-state index contributed by atoms with van der Waals surface area (Å²) in [6.07, 6.45) is 0. The summed E-state index contributed by atoms with van der Waals surface area (Å²) in [5.41, 5.74) is 6.12. The van der Waals surface area contributed by atoms with Gasteiger partial charge < -0.3 is 0 Å². The van der Waals surface area contributed by atoms with Crippen molar-refractivity contribution >= 4 is 23.2 Å². The van der Waals surface area contributed by atoms with Crippen LogP contribution in [0.3, 0.4) is 0 Å². The Morgan fingerprint density at radius 3 is 2.00 bits per heavy atom. The van der Waals surface area contributed by atoms with Gasteiger partial charge in [0.15, 0.2) is 0 Å². The number of alkyl halides is 2. The number of benzene rings is 2. The summed E-state index contributed by atoms with van der Waals surface area (Å²) in [6, 6.07) is 14.9. The predicted molar refractivity (Wildman–Crippen MR) is 89.7 cm³/mol. The first kappa shape index (κ1) is 15.4. The highest BCUT2D eigenvalue weighted by Crippen LogP contribution is 2.31. The van der Waals surface area contributed by atoms with Crippen molar-refractivity contribution < 1.29 is 0 Å². The van der Waals surface area contributed by atoms with Gasteiger partial charge in [0.1, 0.15) is 0 Å². The molecular formula is C18H20Cl2. The Kier molecular flexibility index (Phi) is 4.78. The topological polar surface area (TPSA) is 0 Å². The minimum Gasteiger partial charge on any atom is -0.122 e. The molecular weight excluding hydrogens is 287 g/mol. The van der Waals surface area contributed by atoms with Crippen LogP contribution in [0.2, 0.25) is 0 Å². The summed E-state index contributed by atoms with van der Waals surface area (Å²) >= 11 is 12.1. The van der Waals surface area contributed by atoms with Crippen LogP contribution < -0.4 is 0 Å². The van der Waals surface area contributed by atoms with E-state index in [-0.39, 0.29) is 5.41 Å². The van der Waals surface area contributed by atoms with Gasteiger partial charge in [-0.2, -0.15) is 0 Å². The molecule has 0 bridgehead atoms. The third-order valence-electron chi connectivity index (χ3n) is 3.61. The quantitative estimate of drug-likeness (QED) is 0.598. The molecule has 20 heavy (non-hydrogen) atoms. The molecule has 0 N–H and O–H groups in total. The molecule has 2 heteroatoms. The van der Waals surface area contributed by atoms with E-state index in [0.29, 0.717) is 11.8 Å². The molecule has 2 rings (SSSR count). The van der Waals surface area contributed by atoms with Crippen LogP contribution in [0.4, 0.5) is 0 Å². The van der Waals surface area contributed by atoms with Crippen molar-refractivity contribution in [2.75, 3.05) is 0 Å². The average Bonchev–Trinajstić information content (AvgIpc) is 2.45. The Balaban J connectivity index is 2.47. The molecule has 0 aliphatic heterocycles. The first-order valence-corrected chi connectivity index (χ1v) is 7.88. The Morgan fingerprint density at radius 1 is 0.850 bits per heavy atom. The highest BCUT2D eigenvalue weighted by molar-refractivity contribution is 6.19. The smallest absolute Gasteiger partial charge is 0.0483 e. The fourth-order valence-electron chi connectivity index (χ4n) is 2.34. The molecule has 0 saturated heterocycles. The van der Waals surface area contributed by atoms with Crippen molar-refractivity contribution in [3.63, 3.8) is 0 Å². The first-order chi connectivity index (χ1) is 9.47. The molecule has 0 unspecified atom stereocenters. The second kappa shape index (κ2) is 6.20. The van der Waals surface area contributed by atoms with Gasteiger partial charge in [-0.3, -0.25) is 0 Å². The molecule has 2 aromatic rings. The number of hydrogen-bond donors (Lipinski definition) is 0. The zero-order valence-electron chi connectivity index (χ0n) is 12.2. The lowest BCUT2D eigenvalue weighted by Crippen LogP contribution is -2.10. The minimum absolute atomic E-state index is 0.172. The van der Waals surface area contributed by atoms with E-state index in [2.05, 4.69) is 51.1 Å². The first-order valence-electron chi connectivity index (χ1n) is 6.81. The fourth-order valence-corrected chi connectivity index (χ4v) is 2.90. The van der Waals surface area contributed by atoms with E-state index >= 15 is 0 Å². The Morgan fingerprint density at radius 2 is 1.50 bits per heavy atom. The summed E-state index contributed by atoms with van der Waals surface area (Å²) in [5, 5.41) is 0. The molecule has 0 nitrogen and oxygen atoms in total. The molecule has 0 atom stereocenters. The molecule has 0 aliphatic carbocycles. The van der Waals surface area contributed by atoms with E-state index < -0.39 is 0 Å². The molecule has 0 amide bonds. The van der Waals surface area contributed by atoms with Crippen LogP contribution in [0.1, 0.15) is 37.5 Å². The normalized spacial score (nSPS) is 11.7. The molecule has 0 spiro atoms. The molecule has 0 aliphatic rings. The molecule has 2 aromatic carbocycles. The van der Waals surface area contributed by atoms with Crippen LogP contribution in [-0.2, 0) is 17.2 Å². The standard InChI is InChI=1S/C18H20Cl2/c1-18(2,3)15-9-7-13(8-10-15)16-6-4-5-14(11-19)17(16)12-20/h4-10H,11-12H2,1-3H3. The van der Waals surface area contributed by atoms with Crippen molar-refractivity contribution in [1.29, 1.82) is 0 Å². The minimum atomic E-state index is 0.172. The number of hydrogen-bond acceptors (Lipinski definition) is 0. The van der Waals surface area contributed by atoms with Gasteiger partial charge in [-0.1, -0.05) is 63.2 Å². The molecule has 0 saturated carbocycles. The molecule has 0 radical (unpaired) electrons. The predicted octanol–water partition coefficient (Wildman–Crippen LogP) is 6.13. The molecule has 106 valence electrons. The zero-order chi connectivity index (χ0) is 14.8. The largest absolute Gasteiger partial charge is 0.122 e. The second-order valence-corrected chi connectivity index (χ2v) is 6.57. The molecule has 0 fully saturated rings. The molecule has 0 aromatic heterocycles. The van der Waals surface area contributed by atoms with E-state index in [1.807, 2.05) is 12.1 Å². The highest BCUT2D eigenvalue weighted by Gasteiger charge is 2.14. The van der Waals surface area contributed by atoms with E-state index in [9.17, 15) is 0 Å². The van der Waals surface area contributed by atoms with Crippen molar-refractivity contribution in [1.82, 2.24) is 0 Å². The van der Waals surface area contributed by atoms with Gasteiger partial charge in [-0.25, -0.2) is 0 Å². The van der Waals surface area contributed by atoms with Crippen LogP contribution in [0.15, 0.2) is 42.5 Å². The van der Waals surface area contributed by atoms with Crippen LogP contribution >= 0.6 is 23.2 Å². The Bertz CT molecular complexity index is 577. The summed E-state index contributed by atoms with van der Waals surface area (Å²) in [5.74, 6) is 0.981. The van der Waals surface area contributed by atoms with E-state index in [4.69, 9.17) is 23.2 Å². The monoisotopic (exact) mass is 306 g/mol. The summed E-state index contributed by atoms with van der Waals surface area (Å²) in [7, 11) is 0. The van der Waals surface area contributed by atoms with Crippen molar-refractivity contribution in [2.24, 2.45) is 0 Å². The Hall–Kier alpha value is -0.980. The Labute approximate surface area is 131 Å². The van der Waals surface area contributed by atoms with Crippen molar-refractivity contribution in [3.8, 4) is 11.1 Å². The average molecular weight is 307 g/mol. The van der Waals surface area contributed by atoms with E-state index in [1.54, 1.807) is 0 Å².